The van der Waals surface area contributed by atoms with Crippen molar-refractivity contribution in [3.63, 3.8) is 0 Å². The minimum Gasteiger partial charge on any atom is -0.272 e. The van der Waals surface area contributed by atoms with Gasteiger partial charge in [-0.2, -0.15) is 10.1 Å². The second kappa shape index (κ2) is 5.61. The molecule has 0 radical (unpaired) electrons. The van der Waals surface area contributed by atoms with Gasteiger partial charge in [-0.15, -0.1) is 0 Å². The summed E-state index contributed by atoms with van der Waals surface area (Å²) in [5, 5.41) is 16.0. The zero-order valence-corrected chi connectivity index (χ0v) is 13.7. The Bertz CT molecular complexity index is 813. The Morgan fingerprint density at radius 2 is 1.76 bits per heavy atom. The quantitative estimate of drug-likeness (QED) is 0.278. The number of rotatable bonds is 3. The Kier molecular flexibility index (Phi) is 3.52. The lowest BCUT2D eigenvalue weighted by molar-refractivity contribution is -0.385. The van der Waals surface area contributed by atoms with E-state index in [9.17, 15) is 19.7 Å². The molecule has 2 fully saturated rings. The molecule has 1 aromatic carbocycles. The third-order valence-corrected chi connectivity index (χ3v) is 5.49. The standard InChI is InChI=1S/C18H17N3O4/c1-10-2-3-11(8-14(10)21(24)25)9-19-20-17(22)15-12-4-5-13(7-6-12)16(15)18(20)23/h2-5,8-9,12-13,15-16H,6-7H2,1H3/b19-9-/t12-,13-,15-,16+/m0/s1. The van der Waals surface area contributed by atoms with Crippen molar-refractivity contribution < 1.29 is 14.5 Å². The SMILES string of the molecule is Cc1ccc(/C=N\N2C(=O)[C@@H]3[C@H](C2=O)[C@H]2C=C[C@H]3CC2)cc1[N+](=O)[O-]. The van der Waals surface area contributed by atoms with Crippen LogP contribution in [0.25, 0.3) is 0 Å². The van der Waals surface area contributed by atoms with Gasteiger partial charge in [0.2, 0.25) is 0 Å². The molecule has 1 heterocycles. The van der Waals surface area contributed by atoms with Gasteiger partial charge in [0.15, 0.2) is 0 Å². The predicted molar refractivity (Wildman–Crippen MR) is 89.6 cm³/mol. The third-order valence-electron chi connectivity index (χ3n) is 5.49. The second-order valence-corrected chi connectivity index (χ2v) is 6.88. The maximum Gasteiger partial charge on any atom is 0.272 e. The first-order chi connectivity index (χ1) is 12.0. The molecule has 5 rings (SSSR count). The van der Waals surface area contributed by atoms with E-state index in [-0.39, 0.29) is 41.2 Å². The van der Waals surface area contributed by atoms with Crippen molar-refractivity contribution in [2.75, 3.05) is 0 Å². The minimum absolute atomic E-state index is 0.0149. The van der Waals surface area contributed by atoms with Gasteiger partial charge >= 0.3 is 0 Å². The highest BCUT2D eigenvalue weighted by Gasteiger charge is 2.56. The summed E-state index contributed by atoms with van der Waals surface area (Å²) in [4.78, 5) is 35.8. The molecule has 2 bridgehead atoms. The summed E-state index contributed by atoms with van der Waals surface area (Å²) in [6, 6.07) is 4.69. The predicted octanol–water partition coefficient (Wildman–Crippen LogP) is 2.43. The molecular formula is C18H17N3O4. The minimum atomic E-state index is -0.462. The fourth-order valence-electron chi connectivity index (χ4n) is 4.20. The van der Waals surface area contributed by atoms with Crippen LogP contribution < -0.4 is 0 Å². The van der Waals surface area contributed by atoms with Crippen LogP contribution in [0.4, 0.5) is 5.69 Å². The van der Waals surface area contributed by atoms with Gasteiger partial charge in [0.25, 0.3) is 17.5 Å². The second-order valence-electron chi connectivity index (χ2n) is 6.88. The van der Waals surface area contributed by atoms with Crippen LogP contribution in [0.1, 0.15) is 24.0 Å². The highest BCUT2D eigenvalue weighted by atomic mass is 16.6. The average molecular weight is 339 g/mol. The van der Waals surface area contributed by atoms with E-state index in [2.05, 4.69) is 17.3 Å². The normalized spacial score (nSPS) is 30.4. The zero-order chi connectivity index (χ0) is 17.7. The van der Waals surface area contributed by atoms with Gasteiger partial charge in [-0.25, -0.2) is 0 Å². The first-order valence-corrected chi connectivity index (χ1v) is 8.32. The average Bonchev–Trinajstić information content (AvgIpc) is 2.88. The van der Waals surface area contributed by atoms with Crippen LogP contribution in [0.2, 0.25) is 0 Å². The molecule has 0 unspecified atom stereocenters. The molecule has 1 aromatic rings. The van der Waals surface area contributed by atoms with Gasteiger partial charge in [-0.05, 0) is 31.6 Å². The smallest absolute Gasteiger partial charge is 0.272 e. The highest BCUT2D eigenvalue weighted by Crippen LogP contribution is 2.49. The zero-order valence-electron chi connectivity index (χ0n) is 13.7. The lowest BCUT2D eigenvalue weighted by atomic mass is 9.63. The van der Waals surface area contributed by atoms with Crippen LogP contribution in [0.5, 0.6) is 0 Å². The Morgan fingerprint density at radius 1 is 1.16 bits per heavy atom. The molecule has 0 N–H and O–H groups in total. The van der Waals surface area contributed by atoms with Crippen molar-refractivity contribution in [1.29, 1.82) is 0 Å². The van der Waals surface area contributed by atoms with E-state index in [1.165, 1.54) is 12.3 Å². The van der Waals surface area contributed by atoms with Gasteiger partial charge < -0.3 is 0 Å². The molecular weight excluding hydrogens is 322 g/mol. The van der Waals surface area contributed by atoms with Crippen molar-refractivity contribution in [2.24, 2.45) is 28.8 Å². The number of carbonyl (C=O) groups is 2. The summed E-state index contributed by atoms with van der Waals surface area (Å²) in [7, 11) is 0. The van der Waals surface area contributed by atoms with E-state index in [1.54, 1.807) is 19.1 Å². The summed E-state index contributed by atoms with van der Waals surface area (Å²) in [6.07, 6.45) is 7.31. The molecule has 3 aliphatic carbocycles. The monoisotopic (exact) mass is 339 g/mol. The van der Waals surface area contributed by atoms with E-state index in [1.807, 2.05) is 0 Å². The van der Waals surface area contributed by atoms with Crippen LogP contribution in [0, 0.1) is 40.7 Å². The lowest BCUT2D eigenvalue weighted by Gasteiger charge is -2.37. The third kappa shape index (κ3) is 2.38. The molecule has 4 aliphatic rings. The first-order valence-electron chi connectivity index (χ1n) is 8.32. The van der Waals surface area contributed by atoms with Crippen molar-refractivity contribution in [3.8, 4) is 0 Å². The van der Waals surface area contributed by atoms with E-state index < -0.39 is 4.92 Å². The number of fused-ring (bicyclic) bond motifs is 1. The van der Waals surface area contributed by atoms with E-state index >= 15 is 0 Å². The number of benzene rings is 1. The Morgan fingerprint density at radius 3 is 2.28 bits per heavy atom. The maximum atomic E-state index is 12.6. The topological polar surface area (TPSA) is 92.9 Å². The van der Waals surface area contributed by atoms with Gasteiger partial charge in [0.05, 0.1) is 23.0 Å². The molecule has 0 spiro atoms. The Balaban J connectivity index is 1.60. The number of hydrogen-bond donors (Lipinski definition) is 0. The Hall–Kier alpha value is -2.83. The number of amides is 2. The van der Waals surface area contributed by atoms with Gasteiger partial charge in [0, 0.05) is 17.2 Å². The van der Waals surface area contributed by atoms with Crippen molar-refractivity contribution in [3.05, 3.63) is 51.6 Å². The van der Waals surface area contributed by atoms with E-state index in [0.717, 1.165) is 17.9 Å². The van der Waals surface area contributed by atoms with Crippen molar-refractivity contribution in [1.82, 2.24) is 5.01 Å². The maximum absolute atomic E-state index is 12.6. The molecule has 7 nitrogen and oxygen atoms in total. The number of carbonyl (C=O) groups excluding carboxylic acids is 2. The number of allylic oxidation sites excluding steroid dienone is 2. The summed E-state index contributed by atoms with van der Waals surface area (Å²) < 4.78 is 0. The van der Waals surface area contributed by atoms with Crippen LogP contribution in [-0.2, 0) is 9.59 Å². The van der Waals surface area contributed by atoms with Crippen LogP contribution >= 0.6 is 0 Å². The van der Waals surface area contributed by atoms with Crippen molar-refractivity contribution in [2.45, 2.75) is 19.8 Å². The lowest BCUT2D eigenvalue weighted by Crippen LogP contribution is -2.38. The summed E-state index contributed by atoms with van der Waals surface area (Å²) in [5.41, 5.74) is 1.01. The van der Waals surface area contributed by atoms with Gasteiger partial charge in [-0.3, -0.25) is 19.7 Å². The molecule has 1 saturated carbocycles. The number of hydrogen-bond acceptors (Lipinski definition) is 5. The van der Waals surface area contributed by atoms with E-state index in [4.69, 9.17) is 0 Å². The molecule has 1 aliphatic heterocycles. The molecule has 25 heavy (non-hydrogen) atoms. The summed E-state index contributed by atoms with van der Waals surface area (Å²) in [6.45, 7) is 1.65. The van der Waals surface area contributed by atoms with Crippen LogP contribution in [-0.4, -0.2) is 28.0 Å². The molecule has 7 heteroatoms. The number of nitro groups is 1. The fraction of sp³-hybridized carbons (Fsp3) is 0.389. The summed E-state index contributed by atoms with van der Waals surface area (Å²) in [5.74, 6) is -0.889. The molecule has 128 valence electrons. The van der Waals surface area contributed by atoms with Gasteiger partial charge in [-0.1, -0.05) is 24.3 Å². The first kappa shape index (κ1) is 15.7. The highest BCUT2D eigenvalue weighted by molar-refractivity contribution is 6.06. The molecule has 2 amide bonds. The summed E-state index contributed by atoms with van der Waals surface area (Å²) >= 11 is 0. The number of nitrogens with zero attached hydrogens (tertiary/aromatic N) is 3. The number of hydrazone groups is 1. The van der Waals surface area contributed by atoms with Crippen molar-refractivity contribution >= 4 is 23.7 Å². The molecule has 1 saturated heterocycles. The molecule has 4 atom stereocenters. The number of aryl methyl sites for hydroxylation is 1. The van der Waals surface area contributed by atoms with Crippen LogP contribution in [0.15, 0.2) is 35.5 Å². The number of nitro benzene ring substituents is 1. The fourth-order valence-corrected chi connectivity index (χ4v) is 4.20. The van der Waals surface area contributed by atoms with E-state index in [0.29, 0.717) is 11.1 Å². The Labute approximate surface area is 144 Å². The largest absolute Gasteiger partial charge is 0.272 e. The molecule has 0 aromatic heterocycles. The number of imide groups is 1. The van der Waals surface area contributed by atoms with Crippen LogP contribution in [0.3, 0.4) is 0 Å². The van der Waals surface area contributed by atoms with Gasteiger partial charge in [0.1, 0.15) is 0 Å².